The highest BCUT2D eigenvalue weighted by atomic mass is 32.1. The SMILES string of the molecule is COC(=O)CC(c1ccsc1)c1c(C)[nH][nH]c1=O. The molecule has 0 saturated heterocycles. The fourth-order valence-electron chi connectivity index (χ4n) is 1.98. The van der Waals surface area contributed by atoms with Gasteiger partial charge in [-0.1, -0.05) is 0 Å². The molecule has 18 heavy (non-hydrogen) atoms. The molecular formula is C12H14N2O3S. The summed E-state index contributed by atoms with van der Waals surface area (Å²) in [6.07, 6.45) is 0.162. The first-order chi connectivity index (χ1) is 8.63. The van der Waals surface area contributed by atoms with Crippen molar-refractivity contribution in [3.63, 3.8) is 0 Å². The first-order valence-corrected chi connectivity index (χ1v) is 6.43. The van der Waals surface area contributed by atoms with Gasteiger partial charge in [-0.25, -0.2) is 0 Å². The monoisotopic (exact) mass is 266 g/mol. The van der Waals surface area contributed by atoms with Crippen LogP contribution in [0.3, 0.4) is 0 Å². The van der Waals surface area contributed by atoms with Crippen LogP contribution in [0.5, 0.6) is 0 Å². The molecule has 2 heterocycles. The standard InChI is InChI=1S/C12H14N2O3S/c1-7-11(12(16)14-13-7)9(5-10(15)17-2)8-3-4-18-6-8/h3-4,6,9H,5H2,1-2H3,(H2,13,14,16). The zero-order valence-corrected chi connectivity index (χ0v) is 11.0. The number of aromatic nitrogens is 2. The summed E-state index contributed by atoms with van der Waals surface area (Å²) in [4.78, 5) is 23.3. The first kappa shape index (κ1) is 12.6. The summed E-state index contributed by atoms with van der Waals surface area (Å²) in [5.41, 5.74) is 2.12. The van der Waals surface area contributed by atoms with E-state index in [-0.39, 0.29) is 23.9 Å². The van der Waals surface area contributed by atoms with Gasteiger partial charge in [0.15, 0.2) is 0 Å². The van der Waals surface area contributed by atoms with Gasteiger partial charge < -0.3 is 9.84 Å². The van der Waals surface area contributed by atoms with Crippen LogP contribution in [0.25, 0.3) is 0 Å². The van der Waals surface area contributed by atoms with E-state index in [0.717, 1.165) is 11.3 Å². The number of hydrogen-bond acceptors (Lipinski definition) is 4. The van der Waals surface area contributed by atoms with Crippen molar-refractivity contribution in [2.24, 2.45) is 0 Å². The van der Waals surface area contributed by atoms with E-state index in [1.807, 2.05) is 23.8 Å². The Morgan fingerprint density at radius 2 is 2.28 bits per heavy atom. The lowest BCUT2D eigenvalue weighted by molar-refractivity contribution is -0.140. The molecule has 2 aromatic heterocycles. The second kappa shape index (κ2) is 5.22. The Morgan fingerprint density at radius 1 is 1.50 bits per heavy atom. The van der Waals surface area contributed by atoms with Crippen molar-refractivity contribution in [1.82, 2.24) is 10.2 Å². The number of esters is 1. The van der Waals surface area contributed by atoms with Gasteiger partial charge in [0.2, 0.25) is 0 Å². The van der Waals surface area contributed by atoms with Crippen molar-refractivity contribution in [3.8, 4) is 0 Å². The highest BCUT2D eigenvalue weighted by Gasteiger charge is 2.24. The molecule has 0 aliphatic heterocycles. The quantitative estimate of drug-likeness (QED) is 0.828. The van der Waals surface area contributed by atoms with Crippen LogP contribution in [0.4, 0.5) is 0 Å². The Morgan fingerprint density at radius 3 is 2.78 bits per heavy atom. The molecule has 0 aliphatic rings. The molecule has 0 aromatic carbocycles. The predicted octanol–water partition coefficient (Wildman–Crippen LogP) is 1.77. The average molecular weight is 266 g/mol. The molecule has 2 rings (SSSR count). The average Bonchev–Trinajstić information content (AvgIpc) is 2.98. The molecular weight excluding hydrogens is 252 g/mol. The largest absolute Gasteiger partial charge is 0.469 e. The van der Waals surface area contributed by atoms with E-state index >= 15 is 0 Å². The Hall–Kier alpha value is -1.82. The van der Waals surface area contributed by atoms with E-state index in [1.165, 1.54) is 18.4 Å². The van der Waals surface area contributed by atoms with Gasteiger partial charge in [-0.2, -0.15) is 11.3 Å². The number of thiophene rings is 1. The van der Waals surface area contributed by atoms with Gasteiger partial charge in [0.25, 0.3) is 5.56 Å². The van der Waals surface area contributed by atoms with Crippen molar-refractivity contribution < 1.29 is 9.53 Å². The van der Waals surface area contributed by atoms with Crippen molar-refractivity contribution in [2.45, 2.75) is 19.3 Å². The minimum Gasteiger partial charge on any atom is -0.469 e. The van der Waals surface area contributed by atoms with E-state index in [4.69, 9.17) is 4.74 Å². The lowest BCUT2D eigenvalue weighted by Gasteiger charge is -2.13. The third-order valence-corrected chi connectivity index (χ3v) is 3.61. The fraction of sp³-hybridized carbons (Fsp3) is 0.333. The number of aromatic amines is 2. The van der Waals surface area contributed by atoms with Gasteiger partial charge in [-0.15, -0.1) is 0 Å². The van der Waals surface area contributed by atoms with Crippen LogP contribution in [-0.2, 0) is 9.53 Å². The summed E-state index contributed by atoms with van der Waals surface area (Å²) < 4.78 is 4.70. The van der Waals surface area contributed by atoms with E-state index in [2.05, 4.69) is 10.2 Å². The Kier molecular flexibility index (Phi) is 3.66. The Bertz CT molecular complexity index is 583. The lowest BCUT2D eigenvalue weighted by Crippen LogP contribution is -2.16. The smallest absolute Gasteiger partial charge is 0.306 e. The minimum atomic E-state index is -0.328. The molecule has 6 heteroatoms. The van der Waals surface area contributed by atoms with E-state index in [1.54, 1.807) is 0 Å². The molecule has 1 unspecified atom stereocenters. The highest BCUT2D eigenvalue weighted by Crippen LogP contribution is 2.29. The molecule has 96 valence electrons. The number of rotatable bonds is 4. The molecule has 0 radical (unpaired) electrons. The zero-order chi connectivity index (χ0) is 13.1. The van der Waals surface area contributed by atoms with Crippen molar-refractivity contribution in [3.05, 3.63) is 44.0 Å². The molecule has 2 aromatic rings. The van der Waals surface area contributed by atoms with Crippen molar-refractivity contribution in [2.75, 3.05) is 7.11 Å². The van der Waals surface area contributed by atoms with Crippen LogP contribution >= 0.6 is 11.3 Å². The maximum Gasteiger partial charge on any atom is 0.306 e. The normalized spacial score (nSPS) is 12.3. The molecule has 1 atom stereocenters. The summed E-state index contributed by atoms with van der Waals surface area (Å²) in [6, 6.07) is 1.92. The number of hydrogen-bond donors (Lipinski definition) is 2. The number of ether oxygens (including phenoxy) is 1. The van der Waals surface area contributed by atoms with Crippen LogP contribution < -0.4 is 5.56 Å². The highest BCUT2D eigenvalue weighted by molar-refractivity contribution is 7.08. The number of methoxy groups -OCH3 is 1. The van der Waals surface area contributed by atoms with Gasteiger partial charge in [0.05, 0.1) is 13.5 Å². The van der Waals surface area contributed by atoms with E-state index in [0.29, 0.717) is 5.56 Å². The number of carbonyl (C=O) groups is 1. The van der Waals surface area contributed by atoms with E-state index < -0.39 is 0 Å². The second-order valence-electron chi connectivity index (χ2n) is 4.01. The number of carbonyl (C=O) groups excluding carboxylic acids is 1. The van der Waals surface area contributed by atoms with Gasteiger partial charge in [0.1, 0.15) is 0 Å². The molecule has 5 nitrogen and oxygen atoms in total. The van der Waals surface area contributed by atoms with Gasteiger partial charge in [-0.3, -0.25) is 14.7 Å². The van der Waals surface area contributed by atoms with Gasteiger partial charge in [-0.05, 0) is 29.3 Å². The van der Waals surface area contributed by atoms with Crippen LogP contribution in [0.1, 0.15) is 29.2 Å². The van der Waals surface area contributed by atoms with E-state index in [9.17, 15) is 9.59 Å². The van der Waals surface area contributed by atoms with Gasteiger partial charge in [0, 0.05) is 17.2 Å². The summed E-state index contributed by atoms with van der Waals surface area (Å²) in [6.45, 7) is 1.81. The number of H-pyrrole nitrogens is 2. The third-order valence-electron chi connectivity index (χ3n) is 2.90. The molecule has 0 bridgehead atoms. The lowest BCUT2D eigenvalue weighted by atomic mass is 9.90. The fourth-order valence-corrected chi connectivity index (χ4v) is 2.70. The van der Waals surface area contributed by atoms with Crippen LogP contribution in [0.2, 0.25) is 0 Å². The third kappa shape index (κ3) is 2.38. The summed E-state index contributed by atoms with van der Waals surface area (Å²) in [7, 11) is 1.35. The molecule has 0 spiro atoms. The summed E-state index contributed by atoms with van der Waals surface area (Å²) in [5, 5.41) is 9.20. The molecule has 0 aliphatic carbocycles. The second-order valence-corrected chi connectivity index (χ2v) is 4.79. The molecule has 0 amide bonds. The Labute approximate surface area is 108 Å². The zero-order valence-electron chi connectivity index (χ0n) is 10.1. The number of aryl methyl sites for hydroxylation is 1. The number of nitrogens with one attached hydrogen (secondary N) is 2. The topological polar surface area (TPSA) is 75.0 Å². The van der Waals surface area contributed by atoms with Gasteiger partial charge >= 0.3 is 5.97 Å². The maximum absolute atomic E-state index is 11.8. The molecule has 0 saturated carbocycles. The Balaban J connectivity index is 2.43. The summed E-state index contributed by atoms with van der Waals surface area (Å²) in [5.74, 6) is -0.593. The summed E-state index contributed by atoms with van der Waals surface area (Å²) >= 11 is 1.54. The predicted molar refractivity (Wildman–Crippen MR) is 68.9 cm³/mol. The first-order valence-electron chi connectivity index (χ1n) is 5.49. The minimum absolute atomic E-state index is 0.162. The molecule has 2 N–H and O–H groups in total. The maximum atomic E-state index is 11.8. The van der Waals surface area contributed by atoms with Crippen molar-refractivity contribution >= 4 is 17.3 Å². The molecule has 0 fully saturated rings. The van der Waals surface area contributed by atoms with Crippen LogP contribution in [-0.4, -0.2) is 23.3 Å². The van der Waals surface area contributed by atoms with Crippen LogP contribution in [0, 0.1) is 6.92 Å². The van der Waals surface area contributed by atoms with Crippen molar-refractivity contribution in [1.29, 1.82) is 0 Å². The van der Waals surface area contributed by atoms with Crippen LogP contribution in [0.15, 0.2) is 21.6 Å².